The maximum atomic E-state index is 12.8. The minimum absolute atomic E-state index is 0.313. The van der Waals surface area contributed by atoms with Crippen LogP contribution in [0.4, 0.5) is 4.39 Å². The Labute approximate surface area is 107 Å². The Kier molecular flexibility index (Phi) is 3.20. The van der Waals surface area contributed by atoms with Gasteiger partial charge in [-0.25, -0.2) is 14.0 Å². The van der Waals surface area contributed by atoms with Crippen molar-refractivity contribution in [2.75, 3.05) is 0 Å². The monoisotopic (exact) mass is 265 g/mol. The quantitative estimate of drug-likeness (QED) is 0.911. The van der Waals surface area contributed by atoms with Gasteiger partial charge >= 0.3 is 11.7 Å². The molecule has 0 saturated carbocycles. The molecule has 0 aliphatic carbocycles. The summed E-state index contributed by atoms with van der Waals surface area (Å²) in [4.78, 5) is 23.2. The molecule has 100 valence electrons. The maximum absolute atomic E-state index is 12.8. The smallest absolute Gasteiger partial charge is 0.374 e. The Bertz CT molecular complexity index is 671. The van der Waals surface area contributed by atoms with Gasteiger partial charge in [0.1, 0.15) is 5.82 Å². The van der Waals surface area contributed by atoms with Gasteiger partial charge in [-0.15, -0.1) is 5.10 Å². The summed E-state index contributed by atoms with van der Waals surface area (Å²) in [5.41, 5.74) is -0.257. The molecule has 1 N–H and O–H groups in total. The van der Waals surface area contributed by atoms with E-state index in [1.165, 1.54) is 24.3 Å². The first-order valence-corrected chi connectivity index (χ1v) is 5.62. The summed E-state index contributed by atoms with van der Waals surface area (Å²) in [7, 11) is 0. The van der Waals surface area contributed by atoms with E-state index in [1.807, 2.05) is 0 Å². The predicted octanol–water partition coefficient (Wildman–Crippen LogP) is 1.45. The van der Waals surface area contributed by atoms with Crippen LogP contribution in [-0.4, -0.2) is 25.4 Å². The molecule has 1 aromatic heterocycles. The van der Waals surface area contributed by atoms with Gasteiger partial charge in [-0.3, -0.25) is 4.57 Å². The fourth-order valence-electron chi connectivity index (χ4n) is 1.74. The molecule has 0 amide bonds. The van der Waals surface area contributed by atoms with E-state index in [9.17, 15) is 14.0 Å². The Morgan fingerprint density at radius 1 is 1.32 bits per heavy atom. The highest BCUT2D eigenvalue weighted by Crippen LogP contribution is 2.09. The van der Waals surface area contributed by atoms with Crippen LogP contribution in [0.25, 0.3) is 5.69 Å². The van der Waals surface area contributed by atoms with E-state index in [1.54, 1.807) is 13.8 Å². The van der Waals surface area contributed by atoms with Gasteiger partial charge in [-0.1, -0.05) is 0 Å². The van der Waals surface area contributed by atoms with Crippen molar-refractivity contribution in [1.82, 2.24) is 14.3 Å². The second-order valence-corrected chi connectivity index (χ2v) is 4.26. The molecule has 0 spiro atoms. The van der Waals surface area contributed by atoms with Crippen LogP contribution in [0, 0.1) is 5.82 Å². The summed E-state index contributed by atoms with van der Waals surface area (Å²) in [6.45, 7) is 3.37. The van der Waals surface area contributed by atoms with E-state index >= 15 is 0 Å². The molecule has 2 aromatic rings. The SMILES string of the molecule is CC(C)n1c(C(=O)O)nn(-c2ccc(F)cc2)c1=O. The minimum atomic E-state index is -1.29. The third-order valence-electron chi connectivity index (χ3n) is 2.59. The lowest BCUT2D eigenvalue weighted by Gasteiger charge is -2.05. The van der Waals surface area contributed by atoms with Crippen molar-refractivity contribution < 1.29 is 14.3 Å². The first kappa shape index (κ1) is 13.0. The molecule has 0 saturated heterocycles. The van der Waals surface area contributed by atoms with Gasteiger partial charge in [0.25, 0.3) is 0 Å². The number of rotatable bonds is 3. The standard InChI is InChI=1S/C12H12FN3O3/c1-7(2)15-10(11(17)18)14-16(12(15)19)9-5-3-8(13)4-6-9/h3-7H,1-2H3,(H,17,18). The lowest BCUT2D eigenvalue weighted by atomic mass is 10.3. The highest BCUT2D eigenvalue weighted by molar-refractivity contribution is 5.83. The van der Waals surface area contributed by atoms with Gasteiger partial charge < -0.3 is 5.11 Å². The van der Waals surface area contributed by atoms with Crippen LogP contribution in [0.2, 0.25) is 0 Å². The molecule has 0 atom stereocenters. The number of aromatic carboxylic acids is 1. The van der Waals surface area contributed by atoms with Crippen LogP contribution >= 0.6 is 0 Å². The molecule has 1 heterocycles. The number of hydrogen-bond acceptors (Lipinski definition) is 3. The summed E-state index contributed by atoms with van der Waals surface area (Å²) >= 11 is 0. The molecule has 19 heavy (non-hydrogen) atoms. The third kappa shape index (κ3) is 2.26. The summed E-state index contributed by atoms with van der Waals surface area (Å²) in [5.74, 6) is -2.07. The fourth-order valence-corrected chi connectivity index (χ4v) is 1.74. The Balaban J connectivity index is 2.66. The first-order chi connectivity index (χ1) is 8.91. The van der Waals surface area contributed by atoms with Gasteiger partial charge in [-0.2, -0.15) is 4.68 Å². The molecule has 6 nitrogen and oxygen atoms in total. The number of carboxylic acid groups (broad SMARTS) is 1. The number of nitrogens with zero attached hydrogens (tertiary/aromatic N) is 3. The average Bonchev–Trinajstić information content (AvgIpc) is 2.68. The van der Waals surface area contributed by atoms with Crippen LogP contribution < -0.4 is 5.69 Å². The molecular formula is C12H12FN3O3. The molecule has 1 aromatic carbocycles. The van der Waals surface area contributed by atoms with Crippen molar-refractivity contribution in [2.45, 2.75) is 19.9 Å². The normalized spacial score (nSPS) is 10.9. The number of carbonyl (C=O) groups is 1. The molecule has 7 heteroatoms. The van der Waals surface area contributed by atoms with Crippen molar-refractivity contribution >= 4 is 5.97 Å². The van der Waals surface area contributed by atoms with Gasteiger partial charge in [0, 0.05) is 6.04 Å². The predicted molar refractivity (Wildman–Crippen MR) is 65.1 cm³/mol. The van der Waals surface area contributed by atoms with Crippen LogP contribution in [0.5, 0.6) is 0 Å². The van der Waals surface area contributed by atoms with E-state index in [-0.39, 0.29) is 11.9 Å². The van der Waals surface area contributed by atoms with Crippen LogP contribution in [0.1, 0.15) is 30.5 Å². The maximum Gasteiger partial charge on any atom is 0.374 e. The second-order valence-electron chi connectivity index (χ2n) is 4.26. The lowest BCUT2D eigenvalue weighted by molar-refractivity contribution is 0.0675. The Morgan fingerprint density at radius 3 is 2.32 bits per heavy atom. The average molecular weight is 265 g/mol. The third-order valence-corrected chi connectivity index (χ3v) is 2.59. The first-order valence-electron chi connectivity index (χ1n) is 5.62. The largest absolute Gasteiger partial charge is 0.475 e. The zero-order chi connectivity index (χ0) is 14.2. The molecule has 0 radical (unpaired) electrons. The summed E-state index contributed by atoms with van der Waals surface area (Å²) in [6, 6.07) is 4.74. The van der Waals surface area contributed by atoms with Gasteiger partial charge in [-0.05, 0) is 38.1 Å². The minimum Gasteiger partial charge on any atom is -0.475 e. The highest BCUT2D eigenvalue weighted by Gasteiger charge is 2.21. The van der Waals surface area contributed by atoms with Crippen LogP contribution in [0.3, 0.4) is 0 Å². The molecular weight excluding hydrogens is 253 g/mol. The Morgan fingerprint density at radius 2 is 1.89 bits per heavy atom. The van der Waals surface area contributed by atoms with Crippen molar-refractivity contribution in [2.24, 2.45) is 0 Å². The van der Waals surface area contributed by atoms with E-state index < -0.39 is 17.5 Å². The summed E-state index contributed by atoms with van der Waals surface area (Å²) in [5, 5.41) is 12.8. The summed E-state index contributed by atoms with van der Waals surface area (Å²) in [6.07, 6.45) is 0. The van der Waals surface area contributed by atoms with Gasteiger partial charge in [0.05, 0.1) is 5.69 Å². The van der Waals surface area contributed by atoms with E-state index in [0.29, 0.717) is 5.69 Å². The summed E-state index contributed by atoms with van der Waals surface area (Å²) < 4.78 is 14.9. The van der Waals surface area contributed by atoms with Crippen molar-refractivity contribution in [3.05, 3.63) is 46.4 Å². The molecule has 0 unspecified atom stereocenters. The van der Waals surface area contributed by atoms with Crippen molar-refractivity contribution in [1.29, 1.82) is 0 Å². The zero-order valence-electron chi connectivity index (χ0n) is 10.4. The molecule has 0 aliphatic rings. The number of carboxylic acids is 1. The molecule has 2 rings (SSSR count). The van der Waals surface area contributed by atoms with Crippen LogP contribution in [0.15, 0.2) is 29.1 Å². The van der Waals surface area contributed by atoms with Gasteiger partial charge in [0.2, 0.25) is 5.82 Å². The number of hydrogen-bond donors (Lipinski definition) is 1. The van der Waals surface area contributed by atoms with E-state index in [2.05, 4.69) is 5.10 Å². The topological polar surface area (TPSA) is 77.1 Å². The van der Waals surface area contributed by atoms with Crippen LogP contribution in [-0.2, 0) is 0 Å². The fraction of sp³-hybridized carbons (Fsp3) is 0.250. The van der Waals surface area contributed by atoms with E-state index in [0.717, 1.165) is 9.25 Å². The Hall–Kier alpha value is -2.44. The molecule has 0 bridgehead atoms. The zero-order valence-corrected chi connectivity index (χ0v) is 10.4. The second kappa shape index (κ2) is 4.68. The molecule has 0 aliphatic heterocycles. The number of benzene rings is 1. The lowest BCUT2D eigenvalue weighted by Crippen LogP contribution is -2.26. The van der Waals surface area contributed by atoms with Gasteiger partial charge in [0.15, 0.2) is 0 Å². The van der Waals surface area contributed by atoms with Crippen molar-refractivity contribution in [3.8, 4) is 5.69 Å². The number of aromatic nitrogens is 3. The molecule has 0 fully saturated rings. The van der Waals surface area contributed by atoms with E-state index in [4.69, 9.17) is 5.11 Å². The number of halogens is 1. The highest BCUT2D eigenvalue weighted by atomic mass is 19.1. The van der Waals surface area contributed by atoms with Crippen molar-refractivity contribution in [3.63, 3.8) is 0 Å².